The summed E-state index contributed by atoms with van der Waals surface area (Å²) < 4.78 is 27.6. The monoisotopic (exact) mass is 541 g/mol. The van der Waals surface area contributed by atoms with Crippen molar-refractivity contribution in [2.75, 3.05) is 26.7 Å². The Balaban J connectivity index is 1.21. The third-order valence-electron chi connectivity index (χ3n) is 7.54. The topological polar surface area (TPSA) is 101 Å². The van der Waals surface area contributed by atoms with Crippen LogP contribution in [0, 0.1) is 5.41 Å². The van der Waals surface area contributed by atoms with Gasteiger partial charge in [0.05, 0.1) is 6.54 Å². The SMILES string of the molecule is CN(C(=N)c1ccc(CN2CCN(S(=O)(=O)c3cc4cc(Cl)ccc4[nH]3)CC2=O)cc1)C1CCCCC1. The van der Waals surface area contributed by atoms with Crippen molar-refractivity contribution in [3.8, 4) is 0 Å². The molecule has 8 nitrogen and oxygen atoms in total. The van der Waals surface area contributed by atoms with Crippen LogP contribution in [0.15, 0.2) is 53.6 Å². The first kappa shape index (κ1) is 25.8. The van der Waals surface area contributed by atoms with Gasteiger partial charge in [-0.3, -0.25) is 10.2 Å². The van der Waals surface area contributed by atoms with Crippen LogP contribution in [0.25, 0.3) is 10.9 Å². The highest BCUT2D eigenvalue weighted by Crippen LogP contribution is 2.26. The molecule has 2 N–H and O–H groups in total. The number of amides is 1. The number of aromatic nitrogens is 1. The van der Waals surface area contributed by atoms with Crippen LogP contribution >= 0.6 is 11.6 Å². The van der Waals surface area contributed by atoms with Crippen molar-refractivity contribution in [1.82, 2.24) is 19.1 Å². The van der Waals surface area contributed by atoms with Crippen LogP contribution < -0.4 is 0 Å². The second-order valence-corrected chi connectivity index (χ2v) is 12.3. The fourth-order valence-corrected chi connectivity index (χ4v) is 6.83. The number of carbonyl (C=O) groups is 1. The van der Waals surface area contributed by atoms with Crippen LogP contribution in [0.4, 0.5) is 0 Å². The Morgan fingerprint density at radius 3 is 2.51 bits per heavy atom. The molecule has 2 heterocycles. The molecule has 3 aromatic rings. The fourth-order valence-electron chi connectivity index (χ4n) is 5.26. The van der Waals surface area contributed by atoms with Crippen molar-refractivity contribution in [3.05, 3.63) is 64.7 Å². The molecule has 0 radical (unpaired) electrons. The summed E-state index contributed by atoms with van der Waals surface area (Å²) in [6, 6.07) is 14.9. The Morgan fingerprint density at radius 2 is 1.81 bits per heavy atom. The molecule has 1 aromatic heterocycles. The van der Waals surface area contributed by atoms with Gasteiger partial charge >= 0.3 is 0 Å². The quantitative estimate of drug-likeness (QED) is 0.356. The maximum Gasteiger partial charge on any atom is 0.259 e. The zero-order valence-electron chi connectivity index (χ0n) is 20.9. The molecule has 5 rings (SSSR count). The number of halogens is 1. The highest BCUT2D eigenvalue weighted by atomic mass is 35.5. The number of hydrogen-bond acceptors (Lipinski definition) is 4. The number of H-pyrrole nitrogens is 1. The van der Waals surface area contributed by atoms with E-state index in [4.69, 9.17) is 17.0 Å². The molecule has 0 spiro atoms. The summed E-state index contributed by atoms with van der Waals surface area (Å²) in [6.45, 7) is 0.738. The van der Waals surface area contributed by atoms with Crippen LogP contribution in [0.1, 0.15) is 43.2 Å². The van der Waals surface area contributed by atoms with Gasteiger partial charge < -0.3 is 14.8 Å². The van der Waals surface area contributed by atoms with Crippen LogP contribution in [0.2, 0.25) is 5.02 Å². The molecular formula is C27H32ClN5O3S. The van der Waals surface area contributed by atoms with E-state index < -0.39 is 10.0 Å². The minimum Gasteiger partial charge on any atom is -0.357 e. The van der Waals surface area contributed by atoms with Gasteiger partial charge in [-0.1, -0.05) is 55.1 Å². The largest absolute Gasteiger partial charge is 0.357 e. The highest BCUT2D eigenvalue weighted by molar-refractivity contribution is 7.89. The smallest absolute Gasteiger partial charge is 0.259 e. The van der Waals surface area contributed by atoms with E-state index in [1.54, 1.807) is 29.2 Å². The van der Waals surface area contributed by atoms with Crippen molar-refractivity contribution in [3.63, 3.8) is 0 Å². The summed E-state index contributed by atoms with van der Waals surface area (Å²) in [5.41, 5.74) is 2.49. The van der Waals surface area contributed by atoms with Gasteiger partial charge in [0.1, 0.15) is 10.9 Å². The van der Waals surface area contributed by atoms with Gasteiger partial charge in [-0.25, -0.2) is 8.42 Å². The van der Waals surface area contributed by atoms with Gasteiger partial charge in [-0.2, -0.15) is 4.31 Å². The molecule has 10 heteroatoms. The van der Waals surface area contributed by atoms with Crippen LogP contribution in [-0.4, -0.2) is 72.0 Å². The average Bonchev–Trinajstić information content (AvgIpc) is 3.34. The molecule has 0 unspecified atom stereocenters. The van der Waals surface area contributed by atoms with E-state index in [9.17, 15) is 13.2 Å². The number of amidine groups is 1. The molecular weight excluding hydrogens is 510 g/mol. The molecule has 1 saturated heterocycles. The second kappa shape index (κ2) is 10.5. The fraction of sp³-hybridized carbons (Fsp3) is 0.407. The molecule has 1 amide bonds. The molecule has 196 valence electrons. The number of nitrogens with one attached hydrogen (secondary N) is 2. The Morgan fingerprint density at radius 1 is 1.08 bits per heavy atom. The minimum atomic E-state index is -3.84. The predicted molar refractivity (Wildman–Crippen MR) is 145 cm³/mol. The Kier molecular flexibility index (Phi) is 7.29. The Labute approximate surface area is 222 Å². The number of fused-ring (bicyclic) bond motifs is 1. The number of piperazine rings is 1. The second-order valence-electron chi connectivity index (χ2n) is 9.97. The average molecular weight is 542 g/mol. The molecule has 2 fully saturated rings. The number of aromatic amines is 1. The number of hydrogen-bond donors (Lipinski definition) is 2. The number of benzene rings is 2. The zero-order valence-corrected chi connectivity index (χ0v) is 22.5. The highest BCUT2D eigenvalue weighted by Gasteiger charge is 2.34. The summed E-state index contributed by atoms with van der Waals surface area (Å²) >= 11 is 6.03. The lowest BCUT2D eigenvalue weighted by molar-refractivity contribution is -0.134. The first-order chi connectivity index (χ1) is 17.7. The summed E-state index contributed by atoms with van der Waals surface area (Å²) in [5.74, 6) is 0.287. The molecule has 2 aliphatic rings. The summed E-state index contributed by atoms with van der Waals surface area (Å²) in [7, 11) is -1.84. The predicted octanol–water partition coefficient (Wildman–Crippen LogP) is 4.44. The molecule has 1 aliphatic carbocycles. The van der Waals surface area contributed by atoms with Gasteiger partial charge in [0.25, 0.3) is 10.0 Å². The lowest BCUT2D eigenvalue weighted by Gasteiger charge is -2.34. The van der Waals surface area contributed by atoms with Crippen molar-refractivity contribution in [1.29, 1.82) is 5.41 Å². The number of nitrogens with zero attached hydrogens (tertiary/aromatic N) is 3. The zero-order chi connectivity index (χ0) is 26.2. The van der Waals surface area contributed by atoms with E-state index in [2.05, 4.69) is 9.88 Å². The van der Waals surface area contributed by atoms with Crippen LogP contribution in [0.5, 0.6) is 0 Å². The number of rotatable bonds is 6. The molecule has 1 aliphatic heterocycles. The Hall–Kier alpha value is -2.88. The molecule has 37 heavy (non-hydrogen) atoms. The molecule has 1 saturated carbocycles. The van der Waals surface area contributed by atoms with Crippen molar-refractivity contribution >= 4 is 44.3 Å². The normalized spacial score (nSPS) is 17.9. The van der Waals surface area contributed by atoms with E-state index in [0.29, 0.717) is 40.9 Å². The van der Waals surface area contributed by atoms with Crippen molar-refractivity contribution in [2.45, 2.75) is 49.7 Å². The van der Waals surface area contributed by atoms with Crippen LogP contribution in [0.3, 0.4) is 0 Å². The standard InChI is InChI=1S/C27H32ClN5O3S/c1-31(23-5-3-2-4-6-23)27(29)20-9-7-19(8-10-20)17-32-13-14-33(18-26(32)34)37(35,36)25-16-21-15-22(28)11-12-24(21)30-25/h7-12,15-16,23,29-30H,2-6,13-14,17-18H2,1H3. The van der Waals surface area contributed by atoms with Crippen LogP contribution in [-0.2, 0) is 21.4 Å². The summed E-state index contributed by atoms with van der Waals surface area (Å²) in [6.07, 6.45) is 6.00. The molecule has 0 atom stereocenters. The lowest BCUT2D eigenvalue weighted by Crippen LogP contribution is -2.51. The first-order valence-electron chi connectivity index (χ1n) is 12.7. The third kappa shape index (κ3) is 5.39. The summed E-state index contributed by atoms with van der Waals surface area (Å²) in [4.78, 5) is 19.6. The van der Waals surface area contributed by atoms with Crippen molar-refractivity contribution < 1.29 is 13.2 Å². The first-order valence-corrected chi connectivity index (χ1v) is 14.5. The van der Waals surface area contributed by atoms with Gasteiger partial charge in [0, 0.05) is 54.2 Å². The van der Waals surface area contributed by atoms with Gasteiger partial charge in [0.15, 0.2) is 0 Å². The van der Waals surface area contributed by atoms with Gasteiger partial charge in [-0.15, -0.1) is 0 Å². The van der Waals surface area contributed by atoms with E-state index >= 15 is 0 Å². The maximum absolute atomic E-state index is 13.2. The van der Waals surface area contributed by atoms with E-state index in [1.807, 2.05) is 31.3 Å². The minimum absolute atomic E-state index is 0.0576. The molecule has 0 bridgehead atoms. The molecule has 2 aromatic carbocycles. The summed E-state index contributed by atoms with van der Waals surface area (Å²) in [5, 5.41) is 9.91. The van der Waals surface area contributed by atoms with Crippen molar-refractivity contribution in [2.24, 2.45) is 0 Å². The van der Waals surface area contributed by atoms with Gasteiger partial charge in [-0.05, 0) is 42.7 Å². The van der Waals surface area contributed by atoms with E-state index in [-0.39, 0.29) is 24.0 Å². The number of sulfonamides is 1. The Bertz CT molecular complexity index is 1410. The number of carbonyl (C=O) groups excluding carboxylic acids is 1. The maximum atomic E-state index is 13.2. The van der Waals surface area contributed by atoms with Gasteiger partial charge in [0.2, 0.25) is 5.91 Å². The lowest BCUT2D eigenvalue weighted by atomic mass is 9.94. The van der Waals surface area contributed by atoms with E-state index in [1.165, 1.54) is 23.6 Å². The van der Waals surface area contributed by atoms with E-state index in [0.717, 1.165) is 24.0 Å². The third-order valence-corrected chi connectivity index (χ3v) is 9.54.